The van der Waals surface area contributed by atoms with Gasteiger partial charge in [0.2, 0.25) is 0 Å². The second-order valence-electron chi connectivity index (χ2n) is 5.39. The summed E-state index contributed by atoms with van der Waals surface area (Å²) in [5.41, 5.74) is 0.522. The number of anilines is 1. The lowest BCUT2D eigenvalue weighted by atomic mass is 10.2. The van der Waals surface area contributed by atoms with Gasteiger partial charge < -0.3 is 10.1 Å². The fourth-order valence-electron chi connectivity index (χ4n) is 1.85. The third-order valence-corrected chi connectivity index (χ3v) is 3.29. The molecule has 1 aromatic rings. The molecule has 1 amide bonds. The first-order chi connectivity index (χ1) is 8.44. The van der Waals surface area contributed by atoms with Crippen molar-refractivity contribution < 1.29 is 9.53 Å². The van der Waals surface area contributed by atoms with Crippen molar-refractivity contribution in [2.75, 3.05) is 11.9 Å². The second kappa shape index (κ2) is 5.24. The quantitative estimate of drug-likeness (QED) is 0.866. The minimum absolute atomic E-state index is 0.329. The van der Waals surface area contributed by atoms with Crippen LogP contribution in [0.2, 0.25) is 0 Å². The normalized spacial score (nSPS) is 19.8. The van der Waals surface area contributed by atoms with E-state index in [1.54, 1.807) is 0 Å². The molecule has 0 aromatic carbocycles. The van der Waals surface area contributed by atoms with Crippen molar-refractivity contribution in [2.45, 2.75) is 45.3 Å². The lowest BCUT2D eigenvalue weighted by Gasteiger charge is -2.19. The fourth-order valence-corrected chi connectivity index (χ4v) is 2.54. The SMILES string of the molecule is CC(C)(C)OC(=O)Nc1cc(C2CCCN2)ns1. The van der Waals surface area contributed by atoms with Crippen LogP contribution in [0.15, 0.2) is 6.07 Å². The molecule has 1 aliphatic heterocycles. The summed E-state index contributed by atoms with van der Waals surface area (Å²) in [5.74, 6) is 0. The topological polar surface area (TPSA) is 63.2 Å². The number of rotatable bonds is 2. The van der Waals surface area contributed by atoms with Crippen molar-refractivity contribution in [2.24, 2.45) is 0 Å². The predicted molar refractivity (Wildman–Crippen MR) is 71.9 cm³/mol. The average Bonchev–Trinajstić information content (AvgIpc) is 2.82. The molecule has 1 aliphatic rings. The van der Waals surface area contributed by atoms with Crippen LogP contribution in [0.5, 0.6) is 0 Å². The monoisotopic (exact) mass is 269 g/mol. The summed E-state index contributed by atoms with van der Waals surface area (Å²) in [6, 6.07) is 2.24. The van der Waals surface area contributed by atoms with Crippen molar-refractivity contribution in [3.8, 4) is 0 Å². The van der Waals surface area contributed by atoms with Crippen molar-refractivity contribution in [3.05, 3.63) is 11.8 Å². The highest BCUT2D eigenvalue weighted by Gasteiger charge is 2.21. The van der Waals surface area contributed by atoms with Crippen molar-refractivity contribution in [1.82, 2.24) is 9.69 Å². The summed E-state index contributed by atoms with van der Waals surface area (Å²) in [6.45, 7) is 6.56. The Morgan fingerprint density at radius 1 is 1.61 bits per heavy atom. The van der Waals surface area contributed by atoms with Gasteiger partial charge in [-0.15, -0.1) is 0 Å². The van der Waals surface area contributed by atoms with E-state index in [4.69, 9.17) is 4.74 Å². The zero-order valence-corrected chi connectivity index (χ0v) is 11.8. The molecule has 6 heteroatoms. The van der Waals surface area contributed by atoms with Crippen LogP contribution in [0.3, 0.4) is 0 Å². The zero-order chi connectivity index (χ0) is 13.2. The maximum Gasteiger partial charge on any atom is 0.412 e. The van der Waals surface area contributed by atoms with Crippen LogP contribution in [0.25, 0.3) is 0 Å². The van der Waals surface area contributed by atoms with Crippen LogP contribution in [0.4, 0.5) is 9.80 Å². The number of carbonyl (C=O) groups excluding carboxylic acids is 1. The first-order valence-electron chi connectivity index (χ1n) is 6.14. The number of aromatic nitrogens is 1. The molecule has 5 nitrogen and oxygen atoms in total. The van der Waals surface area contributed by atoms with E-state index in [9.17, 15) is 4.79 Å². The van der Waals surface area contributed by atoms with Gasteiger partial charge in [0.1, 0.15) is 10.6 Å². The molecule has 0 aliphatic carbocycles. The van der Waals surface area contributed by atoms with Crippen LogP contribution in [-0.4, -0.2) is 22.6 Å². The van der Waals surface area contributed by atoms with Crippen LogP contribution < -0.4 is 10.6 Å². The van der Waals surface area contributed by atoms with Crippen LogP contribution in [0, 0.1) is 0 Å². The molecule has 0 spiro atoms. The Kier molecular flexibility index (Phi) is 3.87. The van der Waals surface area contributed by atoms with Crippen molar-refractivity contribution in [3.63, 3.8) is 0 Å². The molecule has 2 N–H and O–H groups in total. The van der Waals surface area contributed by atoms with Gasteiger partial charge in [0, 0.05) is 0 Å². The standard InChI is InChI=1S/C12H19N3O2S/c1-12(2,3)17-11(16)14-10-7-9(15-18-10)8-5-4-6-13-8/h7-8,13H,4-6H2,1-3H3,(H,14,16). The van der Waals surface area contributed by atoms with Crippen molar-refractivity contribution in [1.29, 1.82) is 0 Å². The third-order valence-electron chi connectivity index (χ3n) is 2.57. The van der Waals surface area contributed by atoms with Gasteiger partial charge in [0.25, 0.3) is 0 Å². The average molecular weight is 269 g/mol. The molecule has 1 saturated heterocycles. The molecule has 1 atom stereocenters. The van der Waals surface area contributed by atoms with Crippen molar-refractivity contribution >= 4 is 22.6 Å². The van der Waals surface area contributed by atoms with Gasteiger partial charge >= 0.3 is 6.09 Å². The Bertz CT molecular complexity index is 419. The Labute approximate surface area is 111 Å². The highest BCUT2D eigenvalue weighted by atomic mass is 32.1. The summed E-state index contributed by atoms with van der Waals surface area (Å²) >= 11 is 1.29. The largest absolute Gasteiger partial charge is 0.444 e. The second-order valence-corrected chi connectivity index (χ2v) is 6.20. The molecular formula is C12H19N3O2S. The summed E-state index contributed by atoms with van der Waals surface area (Å²) in [7, 11) is 0. The van der Waals surface area contributed by atoms with Gasteiger partial charge in [0.15, 0.2) is 0 Å². The molecule has 1 unspecified atom stereocenters. The van der Waals surface area contributed by atoms with Crippen LogP contribution >= 0.6 is 11.5 Å². The molecule has 2 rings (SSSR count). The van der Waals surface area contributed by atoms with E-state index in [1.165, 1.54) is 18.0 Å². The van der Waals surface area contributed by atoms with Gasteiger partial charge in [0.05, 0.1) is 11.7 Å². The van der Waals surface area contributed by atoms with E-state index in [2.05, 4.69) is 15.0 Å². The van der Waals surface area contributed by atoms with Gasteiger partial charge in [-0.25, -0.2) is 4.79 Å². The third kappa shape index (κ3) is 3.68. The molecular weight excluding hydrogens is 250 g/mol. The first kappa shape index (κ1) is 13.3. The van der Waals surface area contributed by atoms with E-state index < -0.39 is 11.7 Å². The highest BCUT2D eigenvalue weighted by Crippen LogP contribution is 2.27. The fraction of sp³-hybridized carbons (Fsp3) is 0.667. The molecule has 1 fully saturated rings. The van der Waals surface area contributed by atoms with E-state index >= 15 is 0 Å². The Morgan fingerprint density at radius 3 is 3.00 bits per heavy atom. The van der Waals surface area contributed by atoms with Gasteiger partial charge in [-0.2, -0.15) is 4.37 Å². The minimum atomic E-state index is -0.482. The molecule has 0 saturated carbocycles. The predicted octanol–water partition coefficient (Wildman–Crippen LogP) is 2.91. The van der Waals surface area contributed by atoms with Crippen LogP contribution in [-0.2, 0) is 4.74 Å². The minimum Gasteiger partial charge on any atom is -0.444 e. The number of amides is 1. The number of nitrogens with zero attached hydrogens (tertiary/aromatic N) is 1. The Balaban J connectivity index is 1.92. The summed E-state index contributed by atoms with van der Waals surface area (Å²) in [5, 5.41) is 6.82. The van der Waals surface area contributed by atoms with Crippen LogP contribution in [0.1, 0.15) is 45.3 Å². The lowest BCUT2D eigenvalue weighted by molar-refractivity contribution is 0.0636. The number of hydrogen-bond acceptors (Lipinski definition) is 5. The Hall–Kier alpha value is -1.14. The van der Waals surface area contributed by atoms with E-state index in [0.29, 0.717) is 6.04 Å². The smallest absolute Gasteiger partial charge is 0.412 e. The molecule has 100 valence electrons. The maximum absolute atomic E-state index is 11.6. The molecule has 2 heterocycles. The lowest BCUT2D eigenvalue weighted by Crippen LogP contribution is -2.26. The number of ether oxygens (including phenoxy) is 1. The maximum atomic E-state index is 11.6. The zero-order valence-electron chi connectivity index (χ0n) is 10.9. The molecule has 0 bridgehead atoms. The number of hydrogen-bond donors (Lipinski definition) is 2. The van der Waals surface area contributed by atoms with Gasteiger partial charge in [-0.3, -0.25) is 5.32 Å². The summed E-state index contributed by atoms with van der Waals surface area (Å²) < 4.78 is 9.55. The van der Waals surface area contributed by atoms with E-state index in [-0.39, 0.29) is 0 Å². The molecule has 0 radical (unpaired) electrons. The van der Waals surface area contributed by atoms with Gasteiger partial charge in [-0.05, 0) is 57.8 Å². The highest BCUT2D eigenvalue weighted by molar-refractivity contribution is 7.10. The summed E-state index contributed by atoms with van der Waals surface area (Å²) in [6.07, 6.45) is 1.85. The Morgan fingerprint density at radius 2 is 2.39 bits per heavy atom. The number of nitrogens with one attached hydrogen (secondary N) is 2. The number of carbonyl (C=O) groups is 1. The van der Waals surface area contributed by atoms with Gasteiger partial charge in [-0.1, -0.05) is 0 Å². The first-order valence-corrected chi connectivity index (χ1v) is 6.91. The molecule has 1 aromatic heterocycles. The van der Waals surface area contributed by atoms with E-state index in [0.717, 1.165) is 23.7 Å². The summed E-state index contributed by atoms with van der Waals surface area (Å²) in [4.78, 5) is 11.6. The van der Waals surface area contributed by atoms with E-state index in [1.807, 2.05) is 26.8 Å². The molecule has 18 heavy (non-hydrogen) atoms.